The smallest absolute Gasteiger partial charge is 0.161 e. The number of methoxy groups -OCH3 is 1. The fraction of sp³-hybridized carbons (Fsp3) is 0.636. The number of benzene rings is 1. The molecule has 1 aliphatic heterocycles. The predicted molar refractivity (Wildman–Crippen MR) is 103 cm³/mol. The predicted octanol–water partition coefficient (Wildman–Crippen LogP) is 0.590. The first-order valence-corrected chi connectivity index (χ1v) is 10.4. The number of piperazine rings is 1. The van der Waals surface area contributed by atoms with Crippen molar-refractivity contribution in [2.45, 2.75) is 26.3 Å². The van der Waals surface area contributed by atoms with Gasteiger partial charge in [0.05, 0.1) is 20.3 Å². The quantitative estimate of drug-likeness (QED) is 0.698. The van der Waals surface area contributed by atoms with Gasteiger partial charge in [-0.25, -0.2) is 0 Å². The summed E-state index contributed by atoms with van der Waals surface area (Å²) in [5, 5.41) is 0. The molecule has 4 nitrogen and oxygen atoms in total. The second-order valence-electron chi connectivity index (χ2n) is 8.34. The standard InChI is InChI=1S/C22H32N2O2/c1-3-26-22-14-18(5-7-21(22)25-2)15-23-8-10-24(11-9-23)16-20-13-17-4-6-19(20)12-17/h4-7,14,17,19-20H,3,8-13,15-16H2,1-2H3/p+2/t17-,19+,20-/m1/s1. The monoisotopic (exact) mass is 358 g/mol. The van der Waals surface area contributed by atoms with Crippen LogP contribution in [0.15, 0.2) is 30.4 Å². The second-order valence-corrected chi connectivity index (χ2v) is 8.34. The van der Waals surface area contributed by atoms with Crippen molar-refractivity contribution >= 4 is 0 Å². The van der Waals surface area contributed by atoms with E-state index in [1.165, 1.54) is 51.1 Å². The number of hydrogen-bond donors (Lipinski definition) is 2. The maximum atomic E-state index is 5.73. The summed E-state index contributed by atoms with van der Waals surface area (Å²) in [5.41, 5.74) is 1.35. The summed E-state index contributed by atoms with van der Waals surface area (Å²) >= 11 is 0. The molecule has 3 aliphatic rings. The molecule has 2 fully saturated rings. The summed E-state index contributed by atoms with van der Waals surface area (Å²) in [7, 11) is 1.71. The number of hydrogen-bond acceptors (Lipinski definition) is 2. The topological polar surface area (TPSA) is 27.3 Å². The van der Waals surface area contributed by atoms with Crippen molar-refractivity contribution in [3.63, 3.8) is 0 Å². The molecule has 0 unspecified atom stereocenters. The number of quaternary nitrogens is 2. The lowest BCUT2D eigenvalue weighted by atomic mass is 9.93. The molecule has 1 saturated carbocycles. The number of allylic oxidation sites excluding steroid dienone is 2. The Kier molecular flexibility index (Phi) is 5.51. The fourth-order valence-electron chi connectivity index (χ4n) is 5.23. The van der Waals surface area contributed by atoms with Crippen molar-refractivity contribution in [3.05, 3.63) is 35.9 Å². The van der Waals surface area contributed by atoms with E-state index in [0.717, 1.165) is 35.8 Å². The van der Waals surface area contributed by atoms with Gasteiger partial charge < -0.3 is 19.3 Å². The molecule has 142 valence electrons. The molecule has 4 heteroatoms. The Morgan fingerprint density at radius 1 is 1.00 bits per heavy atom. The average Bonchev–Trinajstić information content (AvgIpc) is 3.27. The van der Waals surface area contributed by atoms with Gasteiger partial charge in [-0.15, -0.1) is 0 Å². The number of nitrogens with one attached hydrogen (secondary N) is 2. The van der Waals surface area contributed by atoms with E-state index in [4.69, 9.17) is 9.47 Å². The molecule has 1 heterocycles. The molecular weight excluding hydrogens is 324 g/mol. The van der Waals surface area contributed by atoms with Gasteiger partial charge in [0.2, 0.25) is 0 Å². The van der Waals surface area contributed by atoms with Crippen LogP contribution in [0.25, 0.3) is 0 Å². The third-order valence-corrected chi connectivity index (χ3v) is 6.61. The molecular formula is C22H34N2O2+2. The van der Waals surface area contributed by atoms with Crippen molar-refractivity contribution in [3.8, 4) is 11.5 Å². The van der Waals surface area contributed by atoms with Crippen LogP contribution in [0.5, 0.6) is 11.5 Å². The van der Waals surface area contributed by atoms with Crippen molar-refractivity contribution < 1.29 is 19.3 Å². The lowest BCUT2D eigenvalue weighted by molar-refractivity contribution is -1.02. The van der Waals surface area contributed by atoms with E-state index in [2.05, 4.69) is 24.3 Å². The van der Waals surface area contributed by atoms with Crippen LogP contribution in [0.2, 0.25) is 0 Å². The largest absolute Gasteiger partial charge is 0.493 e. The van der Waals surface area contributed by atoms with Crippen LogP contribution in [0, 0.1) is 17.8 Å². The van der Waals surface area contributed by atoms with Crippen LogP contribution in [0.3, 0.4) is 0 Å². The van der Waals surface area contributed by atoms with Crippen LogP contribution in [-0.4, -0.2) is 46.4 Å². The summed E-state index contributed by atoms with van der Waals surface area (Å²) in [6.45, 7) is 10.4. The van der Waals surface area contributed by atoms with Gasteiger partial charge >= 0.3 is 0 Å². The highest BCUT2D eigenvalue weighted by atomic mass is 16.5. The molecule has 3 atom stereocenters. The van der Waals surface area contributed by atoms with Crippen molar-refractivity contribution in [2.24, 2.45) is 17.8 Å². The normalized spacial score (nSPS) is 32.8. The zero-order valence-corrected chi connectivity index (χ0v) is 16.3. The molecule has 26 heavy (non-hydrogen) atoms. The van der Waals surface area contributed by atoms with Gasteiger partial charge in [-0.05, 0) is 49.8 Å². The molecule has 1 aromatic carbocycles. The van der Waals surface area contributed by atoms with Crippen LogP contribution >= 0.6 is 0 Å². The van der Waals surface area contributed by atoms with E-state index in [1.807, 2.05) is 17.9 Å². The van der Waals surface area contributed by atoms with Gasteiger partial charge in [0, 0.05) is 11.5 Å². The molecule has 2 aliphatic carbocycles. The Bertz CT molecular complexity index is 637. The van der Waals surface area contributed by atoms with Crippen LogP contribution in [-0.2, 0) is 6.54 Å². The first-order chi connectivity index (χ1) is 12.7. The highest BCUT2D eigenvalue weighted by Crippen LogP contribution is 2.42. The van der Waals surface area contributed by atoms with E-state index in [9.17, 15) is 0 Å². The molecule has 2 bridgehead atoms. The number of rotatable bonds is 7. The van der Waals surface area contributed by atoms with E-state index in [1.54, 1.807) is 12.0 Å². The molecule has 0 amide bonds. The van der Waals surface area contributed by atoms with E-state index in [-0.39, 0.29) is 0 Å². The van der Waals surface area contributed by atoms with Crippen LogP contribution in [0.1, 0.15) is 25.3 Å². The number of ether oxygens (including phenoxy) is 2. The first kappa shape index (κ1) is 17.9. The second kappa shape index (κ2) is 8.01. The Balaban J connectivity index is 1.27. The summed E-state index contributed by atoms with van der Waals surface area (Å²) in [4.78, 5) is 3.54. The minimum atomic E-state index is 0.674. The van der Waals surface area contributed by atoms with Crippen molar-refractivity contribution in [1.82, 2.24) is 0 Å². The third kappa shape index (κ3) is 3.91. The van der Waals surface area contributed by atoms with Crippen molar-refractivity contribution in [2.75, 3.05) is 46.4 Å². The highest BCUT2D eigenvalue weighted by molar-refractivity contribution is 5.42. The molecule has 1 aromatic rings. The lowest BCUT2D eigenvalue weighted by Gasteiger charge is -2.32. The van der Waals surface area contributed by atoms with Gasteiger partial charge in [-0.3, -0.25) is 0 Å². The Hall–Kier alpha value is -1.52. The fourth-order valence-corrected chi connectivity index (χ4v) is 5.23. The third-order valence-electron chi connectivity index (χ3n) is 6.61. The van der Waals surface area contributed by atoms with E-state index in [0.29, 0.717) is 6.61 Å². The van der Waals surface area contributed by atoms with Crippen molar-refractivity contribution in [1.29, 1.82) is 0 Å². The van der Waals surface area contributed by atoms with E-state index >= 15 is 0 Å². The zero-order chi connectivity index (χ0) is 17.9. The maximum absolute atomic E-state index is 5.73. The van der Waals surface area contributed by atoms with Gasteiger partial charge in [0.15, 0.2) is 11.5 Å². The van der Waals surface area contributed by atoms with E-state index < -0.39 is 0 Å². The molecule has 0 radical (unpaired) electrons. The van der Waals surface area contributed by atoms with Gasteiger partial charge in [0.1, 0.15) is 32.7 Å². The molecule has 0 spiro atoms. The number of fused-ring (bicyclic) bond motifs is 2. The lowest BCUT2D eigenvalue weighted by Crippen LogP contribution is -3.27. The first-order valence-electron chi connectivity index (χ1n) is 10.4. The minimum Gasteiger partial charge on any atom is -0.493 e. The summed E-state index contributed by atoms with van der Waals surface area (Å²) in [5.74, 6) is 4.47. The average molecular weight is 359 g/mol. The SMILES string of the molecule is CCOc1cc(C[NH+]2CC[NH+](C[C@H]3C[C@@H]4C=C[C@H]3C4)CC2)ccc1OC. The van der Waals surface area contributed by atoms with Gasteiger partial charge in [0.25, 0.3) is 0 Å². The van der Waals surface area contributed by atoms with Crippen LogP contribution < -0.4 is 19.3 Å². The Morgan fingerprint density at radius 3 is 2.46 bits per heavy atom. The zero-order valence-electron chi connectivity index (χ0n) is 16.3. The maximum Gasteiger partial charge on any atom is 0.161 e. The highest BCUT2D eigenvalue weighted by Gasteiger charge is 2.38. The van der Waals surface area contributed by atoms with Gasteiger partial charge in [-0.1, -0.05) is 12.2 Å². The Morgan fingerprint density at radius 2 is 1.81 bits per heavy atom. The molecule has 0 aromatic heterocycles. The minimum absolute atomic E-state index is 0.674. The summed E-state index contributed by atoms with van der Waals surface area (Å²) in [6, 6.07) is 6.40. The molecule has 4 rings (SSSR count). The van der Waals surface area contributed by atoms with Gasteiger partial charge in [-0.2, -0.15) is 0 Å². The summed E-state index contributed by atoms with van der Waals surface area (Å²) in [6.07, 6.45) is 7.85. The summed E-state index contributed by atoms with van der Waals surface area (Å²) < 4.78 is 11.1. The van der Waals surface area contributed by atoms with Crippen LogP contribution in [0.4, 0.5) is 0 Å². The Labute approximate surface area is 157 Å². The molecule has 2 N–H and O–H groups in total. The molecule has 1 saturated heterocycles.